The van der Waals surface area contributed by atoms with Gasteiger partial charge in [0.1, 0.15) is 11.8 Å². The Morgan fingerprint density at radius 2 is 1.85 bits per heavy atom. The van der Waals surface area contributed by atoms with Gasteiger partial charge in [0, 0.05) is 6.04 Å². The van der Waals surface area contributed by atoms with E-state index in [-0.39, 0.29) is 24.1 Å². The second kappa shape index (κ2) is 7.03. The van der Waals surface area contributed by atoms with Crippen LogP contribution < -0.4 is 21.1 Å². The summed E-state index contributed by atoms with van der Waals surface area (Å²) in [5.41, 5.74) is 7.28. The molecule has 0 radical (unpaired) electrons. The van der Waals surface area contributed by atoms with E-state index in [9.17, 15) is 4.79 Å². The quantitative estimate of drug-likeness (QED) is 0.699. The Kier molecular flexibility index (Phi) is 5.67. The number of nitrogens with one attached hydrogen (secondary N) is 2. The third kappa shape index (κ3) is 4.64. The Morgan fingerprint density at radius 1 is 1.20 bits per heavy atom. The molecule has 0 bridgehead atoms. The first-order chi connectivity index (χ1) is 9.31. The highest BCUT2D eigenvalue weighted by molar-refractivity contribution is 5.86. The number of anilines is 2. The zero-order chi connectivity index (χ0) is 15.3. The summed E-state index contributed by atoms with van der Waals surface area (Å²) in [6, 6.07) is 5.25. The lowest BCUT2D eigenvalue weighted by molar-refractivity contribution is -0.122. The molecule has 0 aliphatic rings. The Hall–Kier alpha value is -1.91. The van der Waals surface area contributed by atoms with Gasteiger partial charge in [0.05, 0.1) is 17.5 Å². The van der Waals surface area contributed by atoms with E-state index < -0.39 is 0 Å². The third-order valence-corrected chi connectivity index (χ3v) is 2.63. The number of benzene rings is 1. The van der Waals surface area contributed by atoms with Crippen LogP contribution in [-0.2, 0) is 4.79 Å². The Morgan fingerprint density at radius 3 is 2.40 bits per heavy atom. The van der Waals surface area contributed by atoms with Crippen molar-refractivity contribution >= 4 is 17.3 Å². The summed E-state index contributed by atoms with van der Waals surface area (Å²) < 4.78 is 5.63. The van der Waals surface area contributed by atoms with Gasteiger partial charge in [0.2, 0.25) is 5.91 Å². The van der Waals surface area contributed by atoms with Crippen LogP contribution >= 0.6 is 0 Å². The summed E-state index contributed by atoms with van der Waals surface area (Å²) in [6.07, 6.45) is 0.0502. The average molecular weight is 279 g/mol. The molecule has 112 valence electrons. The van der Waals surface area contributed by atoms with Crippen LogP contribution in [0.3, 0.4) is 0 Å². The van der Waals surface area contributed by atoms with Crippen molar-refractivity contribution in [2.45, 2.75) is 52.8 Å². The number of hydrogen-bond acceptors (Lipinski definition) is 4. The summed E-state index contributed by atoms with van der Waals surface area (Å²) in [4.78, 5) is 11.9. The minimum Gasteiger partial charge on any atom is -0.489 e. The van der Waals surface area contributed by atoms with Crippen LogP contribution in [0, 0.1) is 0 Å². The van der Waals surface area contributed by atoms with E-state index in [2.05, 4.69) is 10.6 Å². The number of carbonyl (C=O) groups excluding carboxylic acids is 1. The largest absolute Gasteiger partial charge is 0.489 e. The molecule has 4 N–H and O–H groups in total. The maximum Gasteiger partial charge on any atom is 0.242 e. The Labute approximate surface area is 120 Å². The molecule has 1 rings (SSSR count). The zero-order valence-corrected chi connectivity index (χ0v) is 12.9. The summed E-state index contributed by atoms with van der Waals surface area (Å²) in [5, 5.41) is 5.97. The molecule has 0 spiro atoms. The van der Waals surface area contributed by atoms with E-state index in [0.29, 0.717) is 17.1 Å². The van der Waals surface area contributed by atoms with Crippen LogP contribution in [0.5, 0.6) is 5.75 Å². The molecule has 20 heavy (non-hydrogen) atoms. The first kappa shape index (κ1) is 16.1. The molecule has 5 nitrogen and oxygen atoms in total. The molecule has 1 unspecified atom stereocenters. The molecular weight excluding hydrogens is 254 g/mol. The normalized spacial score (nSPS) is 12.3. The van der Waals surface area contributed by atoms with Crippen LogP contribution in [0.4, 0.5) is 11.4 Å². The molecule has 0 saturated heterocycles. The van der Waals surface area contributed by atoms with Gasteiger partial charge in [-0.1, -0.05) is 6.07 Å². The lowest BCUT2D eigenvalue weighted by atomic mass is 10.2. The van der Waals surface area contributed by atoms with Crippen molar-refractivity contribution in [1.29, 1.82) is 0 Å². The van der Waals surface area contributed by atoms with E-state index in [1.54, 1.807) is 6.92 Å². The van der Waals surface area contributed by atoms with Crippen molar-refractivity contribution in [3.63, 3.8) is 0 Å². The zero-order valence-electron chi connectivity index (χ0n) is 12.9. The van der Waals surface area contributed by atoms with Crippen LogP contribution in [0.25, 0.3) is 0 Å². The van der Waals surface area contributed by atoms with Crippen molar-refractivity contribution in [3.8, 4) is 5.75 Å². The molecule has 1 aromatic rings. The van der Waals surface area contributed by atoms with Gasteiger partial charge in [-0.2, -0.15) is 0 Å². The molecule has 1 aromatic carbocycles. The fourth-order valence-electron chi connectivity index (χ4n) is 1.73. The molecule has 0 saturated carbocycles. The number of amides is 1. The molecular formula is C15H25N3O2. The summed E-state index contributed by atoms with van der Waals surface area (Å²) in [6.45, 7) is 9.54. The van der Waals surface area contributed by atoms with Crippen molar-refractivity contribution in [2.75, 3.05) is 11.1 Å². The maximum atomic E-state index is 11.9. The van der Waals surface area contributed by atoms with Gasteiger partial charge in [-0.05, 0) is 46.8 Å². The standard InChI is InChI=1S/C15H25N3O2/c1-9(2)17-15(19)11(5)18-12-7-6-8-13(14(12)16)20-10(3)4/h6-11,18H,16H2,1-5H3,(H,17,19). The number of carbonyl (C=O) groups is 1. The highest BCUT2D eigenvalue weighted by Gasteiger charge is 2.15. The summed E-state index contributed by atoms with van der Waals surface area (Å²) >= 11 is 0. The molecule has 0 fully saturated rings. The van der Waals surface area contributed by atoms with Crippen molar-refractivity contribution in [3.05, 3.63) is 18.2 Å². The fraction of sp³-hybridized carbons (Fsp3) is 0.533. The average Bonchev–Trinajstić information content (AvgIpc) is 2.32. The molecule has 0 heterocycles. The first-order valence-electron chi connectivity index (χ1n) is 6.93. The first-order valence-corrected chi connectivity index (χ1v) is 6.93. The fourth-order valence-corrected chi connectivity index (χ4v) is 1.73. The van der Waals surface area contributed by atoms with Crippen LogP contribution in [-0.4, -0.2) is 24.1 Å². The van der Waals surface area contributed by atoms with Gasteiger partial charge in [0.15, 0.2) is 0 Å². The van der Waals surface area contributed by atoms with Gasteiger partial charge in [-0.25, -0.2) is 0 Å². The molecule has 0 aliphatic carbocycles. The predicted molar refractivity (Wildman–Crippen MR) is 83.0 cm³/mol. The number of hydrogen-bond donors (Lipinski definition) is 3. The summed E-state index contributed by atoms with van der Waals surface area (Å²) in [5.74, 6) is 0.566. The molecule has 1 amide bonds. The number of ether oxygens (including phenoxy) is 1. The number of rotatable bonds is 6. The van der Waals surface area contributed by atoms with E-state index in [4.69, 9.17) is 10.5 Å². The highest BCUT2D eigenvalue weighted by Crippen LogP contribution is 2.30. The van der Waals surface area contributed by atoms with Gasteiger partial charge in [-0.15, -0.1) is 0 Å². The summed E-state index contributed by atoms with van der Waals surface area (Å²) in [7, 11) is 0. The van der Waals surface area contributed by atoms with Crippen LogP contribution in [0.1, 0.15) is 34.6 Å². The van der Waals surface area contributed by atoms with Gasteiger partial charge >= 0.3 is 0 Å². The highest BCUT2D eigenvalue weighted by atomic mass is 16.5. The molecule has 0 aliphatic heterocycles. The van der Waals surface area contributed by atoms with Crippen LogP contribution in [0.15, 0.2) is 18.2 Å². The van der Waals surface area contributed by atoms with Crippen molar-refractivity contribution in [1.82, 2.24) is 5.32 Å². The molecule has 5 heteroatoms. The topological polar surface area (TPSA) is 76.4 Å². The maximum absolute atomic E-state index is 11.9. The predicted octanol–water partition coefficient (Wildman–Crippen LogP) is 2.38. The monoisotopic (exact) mass is 279 g/mol. The minimum absolute atomic E-state index is 0.0502. The van der Waals surface area contributed by atoms with Crippen molar-refractivity contribution in [2.24, 2.45) is 0 Å². The minimum atomic E-state index is -0.367. The Balaban J connectivity index is 2.79. The number of nitrogen functional groups attached to an aromatic ring is 1. The number of para-hydroxylation sites is 1. The van der Waals surface area contributed by atoms with Crippen molar-refractivity contribution < 1.29 is 9.53 Å². The van der Waals surface area contributed by atoms with Crippen LogP contribution in [0.2, 0.25) is 0 Å². The lowest BCUT2D eigenvalue weighted by Crippen LogP contribution is -2.41. The van der Waals surface area contributed by atoms with Gasteiger partial charge in [-0.3, -0.25) is 4.79 Å². The SMILES string of the molecule is CC(C)NC(=O)C(C)Nc1cccc(OC(C)C)c1N. The van der Waals surface area contributed by atoms with Gasteiger partial charge < -0.3 is 21.1 Å². The van der Waals surface area contributed by atoms with E-state index in [1.807, 2.05) is 45.9 Å². The Bertz CT molecular complexity index is 458. The molecule has 0 aromatic heterocycles. The smallest absolute Gasteiger partial charge is 0.242 e. The second-order valence-electron chi connectivity index (χ2n) is 5.41. The lowest BCUT2D eigenvalue weighted by Gasteiger charge is -2.20. The van der Waals surface area contributed by atoms with E-state index in [1.165, 1.54) is 0 Å². The second-order valence-corrected chi connectivity index (χ2v) is 5.41. The molecule has 1 atom stereocenters. The third-order valence-electron chi connectivity index (χ3n) is 2.63. The number of nitrogens with two attached hydrogens (primary N) is 1. The van der Waals surface area contributed by atoms with E-state index >= 15 is 0 Å². The van der Waals surface area contributed by atoms with Gasteiger partial charge in [0.25, 0.3) is 0 Å². The van der Waals surface area contributed by atoms with E-state index in [0.717, 1.165) is 0 Å².